The third kappa shape index (κ3) is 2.83. The summed E-state index contributed by atoms with van der Waals surface area (Å²) in [4.78, 5) is 0. The van der Waals surface area contributed by atoms with E-state index < -0.39 is 7.14 Å². The molecule has 1 aliphatic rings. The number of rotatable bonds is 3. The molecule has 0 aliphatic carbocycles. The minimum absolute atomic E-state index is 0.188. The maximum Gasteiger partial charge on any atom is 0.171 e. The van der Waals surface area contributed by atoms with Crippen LogP contribution in [-0.4, -0.2) is 0 Å². The van der Waals surface area contributed by atoms with E-state index in [1.807, 2.05) is 91.0 Å². The SMILES string of the molecule is CC1(C)c2ccccc2Oc2cc(P(=O)(c3ccccc3)c3ccccc3)ccc21. The highest BCUT2D eigenvalue weighted by molar-refractivity contribution is 7.85. The molecule has 4 aromatic carbocycles. The van der Waals surface area contributed by atoms with E-state index in [9.17, 15) is 4.57 Å². The summed E-state index contributed by atoms with van der Waals surface area (Å²) in [6, 6.07) is 33.7. The van der Waals surface area contributed by atoms with Gasteiger partial charge in [-0.3, -0.25) is 0 Å². The van der Waals surface area contributed by atoms with Crippen molar-refractivity contribution in [2.45, 2.75) is 19.3 Å². The first-order chi connectivity index (χ1) is 14.5. The van der Waals surface area contributed by atoms with Gasteiger partial charge in [-0.15, -0.1) is 0 Å². The average Bonchev–Trinajstić information content (AvgIpc) is 2.79. The first-order valence-electron chi connectivity index (χ1n) is 10.1. The van der Waals surface area contributed by atoms with Gasteiger partial charge < -0.3 is 9.30 Å². The second-order valence-corrected chi connectivity index (χ2v) is 11.0. The van der Waals surface area contributed by atoms with Crippen LogP contribution in [0, 0.1) is 0 Å². The Hall–Kier alpha value is -3.09. The maximum atomic E-state index is 14.7. The van der Waals surface area contributed by atoms with Gasteiger partial charge in [-0.1, -0.05) is 105 Å². The van der Waals surface area contributed by atoms with E-state index in [0.29, 0.717) is 0 Å². The highest BCUT2D eigenvalue weighted by Crippen LogP contribution is 2.50. The van der Waals surface area contributed by atoms with Gasteiger partial charge in [0.15, 0.2) is 7.14 Å². The molecule has 0 saturated carbocycles. The van der Waals surface area contributed by atoms with Gasteiger partial charge in [0, 0.05) is 32.5 Å². The summed E-state index contributed by atoms with van der Waals surface area (Å²) in [5.74, 6) is 1.64. The first-order valence-corrected chi connectivity index (χ1v) is 11.9. The van der Waals surface area contributed by atoms with Gasteiger partial charge in [-0.2, -0.15) is 0 Å². The van der Waals surface area contributed by atoms with Crippen molar-refractivity contribution in [3.63, 3.8) is 0 Å². The maximum absolute atomic E-state index is 14.7. The first kappa shape index (κ1) is 18.9. The number of para-hydroxylation sites is 1. The lowest BCUT2D eigenvalue weighted by molar-refractivity contribution is 0.418. The Morgan fingerprint density at radius 3 is 1.77 bits per heavy atom. The predicted molar refractivity (Wildman–Crippen MR) is 124 cm³/mol. The zero-order chi connectivity index (χ0) is 20.8. The zero-order valence-corrected chi connectivity index (χ0v) is 18.0. The summed E-state index contributed by atoms with van der Waals surface area (Å²) in [6.07, 6.45) is 0. The molecule has 0 radical (unpaired) electrons. The van der Waals surface area contributed by atoms with Gasteiger partial charge in [0.05, 0.1) is 0 Å². The van der Waals surface area contributed by atoms with Gasteiger partial charge in [0.1, 0.15) is 11.5 Å². The highest BCUT2D eigenvalue weighted by atomic mass is 31.2. The lowest BCUT2D eigenvalue weighted by atomic mass is 9.76. The van der Waals surface area contributed by atoms with Crippen molar-refractivity contribution in [3.8, 4) is 11.5 Å². The summed E-state index contributed by atoms with van der Waals surface area (Å²) in [5, 5.41) is 2.44. The molecule has 1 aliphatic heterocycles. The molecular formula is C27H23O2P. The van der Waals surface area contributed by atoms with Gasteiger partial charge in [0.25, 0.3) is 0 Å². The van der Waals surface area contributed by atoms with Crippen molar-refractivity contribution in [2.75, 3.05) is 0 Å². The third-order valence-electron chi connectivity index (χ3n) is 6.02. The molecule has 0 N–H and O–H groups in total. The van der Waals surface area contributed by atoms with Crippen molar-refractivity contribution in [3.05, 3.63) is 114 Å². The fourth-order valence-electron chi connectivity index (χ4n) is 4.37. The van der Waals surface area contributed by atoms with Crippen LogP contribution < -0.4 is 20.7 Å². The van der Waals surface area contributed by atoms with Crippen LogP contribution in [0.5, 0.6) is 11.5 Å². The minimum atomic E-state index is -3.03. The molecule has 0 aromatic heterocycles. The Labute approximate surface area is 177 Å². The number of hydrogen-bond donors (Lipinski definition) is 0. The number of ether oxygens (including phenoxy) is 1. The van der Waals surface area contributed by atoms with Gasteiger partial charge in [-0.05, 0) is 12.1 Å². The van der Waals surface area contributed by atoms with Crippen molar-refractivity contribution in [2.24, 2.45) is 0 Å². The normalized spacial score (nSPS) is 14.3. The molecule has 30 heavy (non-hydrogen) atoms. The molecule has 0 amide bonds. The van der Waals surface area contributed by atoms with Crippen LogP contribution in [0.15, 0.2) is 103 Å². The highest BCUT2D eigenvalue weighted by Gasteiger charge is 2.36. The van der Waals surface area contributed by atoms with Crippen LogP contribution in [0.1, 0.15) is 25.0 Å². The summed E-state index contributed by atoms with van der Waals surface area (Å²) in [6.45, 7) is 4.42. The van der Waals surface area contributed by atoms with Crippen LogP contribution in [0.4, 0.5) is 0 Å². The monoisotopic (exact) mass is 410 g/mol. The van der Waals surface area contributed by atoms with Crippen molar-refractivity contribution >= 4 is 23.1 Å². The van der Waals surface area contributed by atoms with E-state index in [1.165, 1.54) is 5.56 Å². The van der Waals surface area contributed by atoms with Crippen molar-refractivity contribution < 1.29 is 9.30 Å². The van der Waals surface area contributed by atoms with Gasteiger partial charge >= 0.3 is 0 Å². The van der Waals surface area contributed by atoms with E-state index >= 15 is 0 Å². The summed E-state index contributed by atoms with van der Waals surface area (Å²) in [5.41, 5.74) is 2.09. The standard InChI is InChI=1S/C27H23O2P/c1-27(2)23-15-9-10-16-25(23)29-26-19-22(17-18-24(26)27)30(28,20-11-5-3-6-12-20)21-13-7-4-8-14-21/h3-19H,1-2H3. The summed E-state index contributed by atoms with van der Waals surface area (Å²) in [7, 11) is -3.03. The fraction of sp³-hybridized carbons (Fsp3) is 0.111. The molecule has 148 valence electrons. The molecule has 3 heteroatoms. The largest absolute Gasteiger partial charge is 0.457 e. The Morgan fingerprint density at radius 2 is 1.13 bits per heavy atom. The van der Waals surface area contributed by atoms with Crippen LogP contribution in [0.3, 0.4) is 0 Å². The Bertz CT molecular complexity index is 1220. The molecule has 5 rings (SSSR count). The number of benzene rings is 4. The van der Waals surface area contributed by atoms with Crippen LogP contribution in [0.2, 0.25) is 0 Å². The van der Waals surface area contributed by atoms with Crippen LogP contribution >= 0.6 is 7.14 Å². The summed E-state index contributed by atoms with van der Waals surface area (Å²) >= 11 is 0. The molecule has 0 unspecified atom stereocenters. The molecule has 2 nitrogen and oxygen atoms in total. The van der Waals surface area contributed by atoms with Crippen molar-refractivity contribution in [1.29, 1.82) is 0 Å². The number of fused-ring (bicyclic) bond motifs is 2. The second kappa shape index (κ2) is 7.00. The van der Waals surface area contributed by atoms with Crippen LogP contribution in [0.25, 0.3) is 0 Å². The lowest BCUT2D eigenvalue weighted by Gasteiger charge is -2.35. The lowest BCUT2D eigenvalue weighted by Crippen LogP contribution is -2.28. The molecule has 0 atom stereocenters. The second-order valence-electron chi connectivity index (χ2n) is 8.18. The number of hydrogen-bond acceptors (Lipinski definition) is 2. The van der Waals surface area contributed by atoms with Gasteiger partial charge in [-0.25, -0.2) is 0 Å². The van der Waals surface area contributed by atoms with Gasteiger partial charge in [0.2, 0.25) is 0 Å². The Morgan fingerprint density at radius 1 is 0.600 bits per heavy atom. The molecule has 1 heterocycles. The van der Waals surface area contributed by atoms with E-state index in [2.05, 4.69) is 26.0 Å². The van der Waals surface area contributed by atoms with Crippen molar-refractivity contribution in [1.82, 2.24) is 0 Å². The van der Waals surface area contributed by atoms with E-state index in [-0.39, 0.29) is 5.41 Å². The third-order valence-corrected chi connectivity index (χ3v) is 9.08. The quantitative estimate of drug-likeness (QED) is 0.402. The molecule has 0 saturated heterocycles. The summed E-state index contributed by atoms with van der Waals surface area (Å²) < 4.78 is 21.0. The smallest absolute Gasteiger partial charge is 0.171 e. The average molecular weight is 410 g/mol. The fourth-order valence-corrected chi connectivity index (χ4v) is 7.03. The Kier molecular flexibility index (Phi) is 4.41. The Balaban J connectivity index is 1.72. The van der Waals surface area contributed by atoms with E-state index in [0.717, 1.165) is 33.0 Å². The molecular weight excluding hydrogens is 387 g/mol. The minimum Gasteiger partial charge on any atom is -0.457 e. The molecule has 0 bridgehead atoms. The topological polar surface area (TPSA) is 26.3 Å². The molecule has 0 fully saturated rings. The molecule has 0 spiro atoms. The van der Waals surface area contributed by atoms with E-state index in [4.69, 9.17) is 4.74 Å². The predicted octanol–water partition coefficient (Wildman–Crippen LogP) is 5.76. The zero-order valence-electron chi connectivity index (χ0n) is 17.1. The molecule has 4 aromatic rings. The van der Waals surface area contributed by atoms with Crippen LogP contribution in [-0.2, 0) is 9.98 Å². The van der Waals surface area contributed by atoms with E-state index in [1.54, 1.807) is 0 Å².